The molecule has 0 unspecified atom stereocenters. The summed E-state index contributed by atoms with van der Waals surface area (Å²) in [4.78, 5) is 24.2. The second kappa shape index (κ2) is 5.66. The molecule has 0 aliphatic carbocycles. The van der Waals surface area contributed by atoms with Crippen LogP contribution in [0.25, 0.3) is 0 Å². The fourth-order valence-corrected chi connectivity index (χ4v) is 2.72. The zero-order valence-electron chi connectivity index (χ0n) is 12.5. The number of hydrogen-bond acceptors (Lipinski definition) is 5. The van der Waals surface area contributed by atoms with E-state index in [4.69, 9.17) is 11.6 Å². The Bertz CT molecular complexity index is 505. The molecule has 2 heterocycles. The van der Waals surface area contributed by atoms with Gasteiger partial charge in [0.05, 0.1) is 5.56 Å². The van der Waals surface area contributed by atoms with Crippen LogP contribution in [0.1, 0.15) is 37.0 Å². The molecule has 1 fully saturated rings. The molecule has 0 amide bonds. The molecule has 0 N–H and O–H groups in total. The number of carbonyl (C=O) groups excluding carboxylic acids is 1. The molecule has 1 saturated heterocycles. The van der Waals surface area contributed by atoms with E-state index in [9.17, 15) is 4.79 Å². The number of aromatic nitrogens is 2. The van der Waals surface area contributed by atoms with Crippen LogP contribution in [0.5, 0.6) is 0 Å². The molecule has 20 heavy (non-hydrogen) atoms. The zero-order valence-corrected chi connectivity index (χ0v) is 13.2. The van der Waals surface area contributed by atoms with E-state index < -0.39 is 0 Å². The first-order valence-electron chi connectivity index (χ1n) is 6.82. The van der Waals surface area contributed by atoms with Gasteiger partial charge < -0.3 is 4.90 Å². The van der Waals surface area contributed by atoms with Crippen LogP contribution in [0.2, 0.25) is 5.15 Å². The number of hydrogen-bond donors (Lipinski definition) is 0. The minimum Gasteiger partial charge on any atom is -0.353 e. The summed E-state index contributed by atoms with van der Waals surface area (Å²) < 4.78 is 0. The SMILES string of the molecule is Cc1nc(Cl)c(C=O)c(N2CCN(C(C)(C)C)CC2)n1. The maximum atomic E-state index is 11.2. The van der Waals surface area contributed by atoms with Crippen LogP contribution >= 0.6 is 11.6 Å². The lowest BCUT2D eigenvalue weighted by Gasteiger charge is -2.42. The van der Waals surface area contributed by atoms with Gasteiger partial charge in [0.2, 0.25) is 0 Å². The van der Waals surface area contributed by atoms with E-state index in [2.05, 4.69) is 40.5 Å². The van der Waals surface area contributed by atoms with E-state index in [0.29, 0.717) is 17.2 Å². The molecule has 110 valence electrons. The molecular formula is C14H21ClN4O. The molecule has 6 heteroatoms. The van der Waals surface area contributed by atoms with Gasteiger partial charge >= 0.3 is 0 Å². The Labute approximate surface area is 124 Å². The molecule has 0 saturated carbocycles. The van der Waals surface area contributed by atoms with Crippen LogP contribution in [0.3, 0.4) is 0 Å². The van der Waals surface area contributed by atoms with Crippen molar-refractivity contribution in [3.05, 3.63) is 16.5 Å². The summed E-state index contributed by atoms with van der Waals surface area (Å²) in [6, 6.07) is 0. The predicted octanol–water partition coefficient (Wildman–Crippen LogP) is 2.17. The van der Waals surface area contributed by atoms with Crippen molar-refractivity contribution in [2.75, 3.05) is 31.1 Å². The number of anilines is 1. The molecule has 5 nitrogen and oxygen atoms in total. The average molecular weight is 297 g/mol. The van der Waals surface area contributed by atoms with Crippen LogP contribution in [-0.4, -0.2) is 52.9 Å². The van der Waals surface area contributed by atoms with Crippen molar-refractivity contribution in [1.82, 2.24) is 14.9 Å². The number of nitrogens with zero attached hydrogens (tertiary/aromatic N) is 4. The van der Waals surface area contributed by atoms with E-state index in [1.54, 1.807) is 6.92 Å². The molecule has 0 bridgehead atoms. The van der Waals surface area contributed by atoms with Crippen molar-refractivity contribution in [3.63, 3.8) is 0 Å². The first-order chi connectivity index (χ1) is 9.32. The number of halogens is 1. The van der Waals surface area contributed by atoms with Crippen LogP contribution in [0, 0.1) is 6.92 Å². The fourth-order valence-electron chi connectivity index (χ4n) is 2.46. The Morgan fingerprint density at radius 2 is 1.75 bits per heavy atom. The normalized spacial score (nSPS) is 17.4. The molecular weight excluding hydrogens is 276 g/mol. The van der Waals surface area contributed by atoms with Gasteiger partial charge in [-0.3, -0.25) is 9.69 Å². The fraction of sp³-hybridized carbons (Fsp3) is 0.643. The maximum Gasteiger partial charge on any atom is 0.156 e. The molecule has 1 aliphatic heterocycles. The number of carbonyl (C=O) groups is 1. The molecule has 0 radical (unpaired) electrons. The van der Waals surface area contributed by atoms with Gasteiger partial charge in [0.1, 0.15) is 16.8 Å². The highest BCUT2D eigenvalue weighted by atomic mass is 35.5. The van der Waals surface area contributed by atoms with Gasteiger partial charge in [-0.25, -0.2) is 9.97 Å². The Kier molecular flexibility index (Phi) is 4.30. The lowest BCUT2D eigenvalue weighted by Crippen LogP contribution is -2.53. The van der Waals surface area contributed by atoms with Crippen LogP contribution in [0.4, 0.5) is 5.82 Å². The maximum absolute atomic E-state index is 11.2. The lowest BCUT2D eigenvalue weighted by atomic mass is 10.0. The zero-order chi connectivity index (χ0) is 14.9. The Morgan fingerprint density at radius 3 is 2.25 bits per heavy atom. The number of piperazine rings is 1. The van der Waals surface area contributed by atoms with Crippen molar-refractivity contribution >= 4 is 23.7 Å². The molecule has 1 aromatic rings. The van der Waals surface area contributed by atoms with Gasteiger partial charge in [0.15, 0.2) is 6.29 Å². The lowest BCUT2D eigenvalue weighted by molar-refractivity contribution is 0.112. The standard InChI is InChI=1S/C14H21ClN4O/c1-10-16-12(15)11(9-20)13(17-10)18-5-7-19(8-6-18)14(2,3)4/h9H,5-8H2,1-4H3. The highest BCUT2D eigenvalue weighted by Crippen LogP contribution is 2.25. The first kappa shape index (κ1) is 15.2. The van der Waals surface area contributed by atoms with E-state index in [-0.39, 0.29) is 10.7 Å². The van der Waals surface area contributed by atoms with Gasteiger partial charge in [-0.05, 0) is 27.7 Å². The van der Waals surface area contributed by atoms with Crippen LogP contribution in [0.15, 0.2) is 0 Å². The van der Waals surface area contributed by atoms with Crippen LogP contribution < -0.4 is 4.90 Å². The van der Waals surface area contributed by atoms with Crippen molar-refractivity contribution in [3.8, 4) is 0 Å². The quantitative estimate of drug-likeness (QED) is 0.618. The third-order valence-electron chi connectivity index (χ3n) is 3.64. The predicted molar refractivity (Wildman–Crippen MR) is 80.7 cm³/mol. The monoisotopic (exact) mass is 296 g/mol. The number of aryl methyl sites for hydroxylation is 1. The second-order valence-electron chi connectivity index (χ2n) is 6.06. The molecule has 0 atom stereocenters. The third kappa shape index (κ3) is 3.10. The first-order valence-corrected chi connectivity index (χ1v) is 7.20. The van der Waals surface area contributed by atoms with Gasteiger partial charge in [0, 0.05) is 31.7 Å². The van der Waals surface area contributed by atoms with Gasteiger partial charge in [-0.2, -0.15) is 0 Å². The molecule has 1 aliphatic rings. The largest absolute Gasteiger partial charge is 0.353 e. The smallest absolute Gasteiger partial charge is 0.156 e. The Morgan fingerprint density at radius 1 is 1.15 bits per heavy atom. The van der Waals surface area contributed by atoms with E-state index in [1.807, 2.05) is 0 Å². The van der Waals surface area contributed by atoms with E-state index in [1.165, 1.54) is 0 Å². The van der Waals surface area contributed by atoms with E-state index in [0.717, 1.165) is 32.5 Å². The highest BCUT2D eigenvalue weighted by molar-refractivity contribution is 6.32. The number of aldehydes is 1. The number of rotatable bonds is 2. The van der Waals surface area contributed by atoms with Gasteiger partial charge in [-0.15, -0.1) is 0 Å². The minimum atomic E-state index is 0.165. The van der Waals surface area contributed by atoms with Crippen molar-refractivity contribution < 1.29 is 4.79 Å². The highest BCUT2D eigenvalue weighted by Gasteiger charge is 2.27. The van der Waals surface area contributed by atoms with Crippen molar-refractivity contribution in [2.45, 2.75) is 33.2 Å². The Balaban J connectivity index is 2.21. The Hall–Kier alpha value is -1.20. The van der Waals surface area contributed by atoms with E-state index >= 15 is 0 Å². The summed E-state index contributed by atoms with van der Waals surface area (Å²) in [5, 5.41) is 0.237. The summed E-state index contributed by atoms with van der Waals surface area (Å²) in [5.41, 5.74) is 0.556. The van der Waals surface area contributed by atoms with Gasteiger partial charge in [0.25, 0.3) is 0 Å². The topological polar surface area (TPSA) is 49.3 Å². The summed E-state index contributed by atoms with van der Waals surface area (Å²) in [6.07, 6.45) is 0.743. The van der Waals surface area contributed by atoms with Crippen LogP contribution in [-0.2, 0) is 0 Å². The van der Waals surface area contributed by atoms with Crippen molar-refractivity contribution in [1.29, 1.82) is 0 Å². The van der Waals surface area contributed by atoms with Gasteiger partial charge in [-0.1, -0.05) is 11.6 Å². The third-order valence-corrected chi connectivity index (χ3v) is 3.92. The summed E-state index contributed by atoms with van der Waals surface area (Å²) in [6.45, 7) is 12.0. The summed E-state index contributed by atoms with van der Waals surface area (Å²) >= 11 is 6.04. The minimum absolute atomic E-state index is 0.165. The molecule has 0 spiro atoms. The molecule has 2 rings (SSSR count). The van der Waals surface area contributed by atoms with Crippen molar-refractivity contribution in [2.24, 2.45) is 0 Å². The average Bonchev–Trinajstić information content (AvgIpc) is 2.37. The second-order valence-corrected chi connectivity index (χ2v) is 6.42. The summed E-state index contributed by atoms with van der Waals surface area (Å²) in [5.74, 6) is 1.25. The summed E-state index contributed by atoms with van der Waals surface area (Å²) in [7, 11) is 0. The molecule has 1 aromatic heterocycles. The molecule has 0 aromatic carbocycles.